The summed E-state index contributed by atoms with van der Waals surface area (Å²) in [4.78, 5) is 0. The van der Waals surface area contributed by atoms with Gasteiger partial charge in [0.05, 0.1) is 0 Å². The zero-order valence-corrected chi connectivity index (χ0v) is 12.5. The van der Waals surface area contributed by atoms with Crippen molar-refractivity contribution in [3.63, 3.8) is 0 Å². The highest BCUT2D eigenvalue weighted by atomic mass is 127. The van der Waals surface area contributed by atoms with Crippen molar-refractivity contribution in [2.24, 2.45) is 0 Å². The van der Waals surface area contributed by atoms with E-state index in [4.69, 9.17) is 0 Å². The Balaban J connectivity index is 2.26. The molecule has 0 saturated heterocycles. The Morgan fingerprint density at radius 1 is 1.19 bits per heavy atom. The van der Waals surface area contributed by atoms with Gasteiger partial charge in [0, 0.05) is 9.61 Å². The molecule has 0 aromatic heterocycles. The maximum Gasteiger partial charge on any atom is 0.0130 e. The fourth-order valence-electron chi connectivity index (χ4n) is 1.94. The van der Waals surface area contributed by atoms with Crippen LogP contribution >= 0.6 is 22.6 Å². The van der Waals surface area contributed by atoms with Gasteiger partial charge in [-0.2, -0.15) is 0 Å². The maximum atomic E-state index is 3.53. The molecule has 0 radical (unpaired) electrons. The zero-order chi connectivity index (χ0) is 11.8. The summed E-state index contributed by atoms with van der Waals surface area (Å²) < 4.78 is 1.32. The average Bonchev–Trinajstić information content (AvgIpc) is 2.30. The number of benzene rings is 1. The molecule has 1 unspecified atom stereocenters. The molecule has 2 heteroatoms. The van der Waals surface area contributed by atoms with Gasteiger partial charge in [0.15, 0.2) is 0 Å². The average molecular weight is 331 g/mol. The Hall–Kier alpha value is -0.0900. The molecule has 1 rings (SSSR count). The zero-order valence-electron chi connectivity index (χ0n) is 10.3. The van der Waals surface area contributed by atoms with Crippen molar-refractivity contribution in [2.45, 2.75) is 45.6 Å². The van der Waals surface area contributed by atoms with Crippen molar-refractivity contribution in [3.8, 4) is 0 Å². The molecule has 1 atom stereocenters. The molecule has 0 heterocycles. The van der Waals surface area contributed by atoms with Crippen molar-refractivity contribution in [3.05, 3.63) is 33.4 Å². The highest BCUT2D eigenvalue weighted by Crippen LogP contribution is 2.11. The van der Waals surface area contributed by atoms with Crippen molar-refractivity contribution in [2.75, 3.05) is 6.54 Å². The summed E-state index contributed by atoms with van der Waals surface area (Å²) in [6.07, 6.45) is 5.02. The van der Waals surface area contributed by atoms with E-state index < -0.39 is 0 Å². The van der Waals surface area contributed by atoms with Crippen LogP contribution in [0.5, 0.6) is 0 Å². The molecule has 0 saturated carbocycles. The first-order valence-corrected chi connectivity index (χ1v) is 7.32. The van der Waals surface area contributed by atoms with Crippen molar-refractivity contribution < 1.29 is 0 Å². The van der Waals surface area contributed by atoms with Gasteiger partial charge >= 0.3 is 0 Å². The van der Waals surface area contributed by atoms with Gasteiger partial charge in [-0.05, 0) is 72.5 Å². The van der Waals surface area contributed by atoms with E-state index in [9.17, 15) is 0 Å². The van der Waals surface area contributed by atoms with Crippen LogP contribution in [0.1, 0.15) is 38.7 Å². The van der Waals surface area contributed by atoms with E-state index in [1.165, 1.54) is 34.8 Å². The standard InChI is InChI=1S/C14H22IN/c1-3-14(16-4-2)7-5-6-12-8-10-13(15)11-9-12/h8-11,14,16H,3-7H2,1-2H3. The van der Waals surface area contributed by atoms with Crippen molar-refractivity contribution in [1.29, 1.82) is 0 Å². The summed E-state index contributed by atoms with van der Waals surface area (Å²) in [5, 5.41) is 3.53. The van der Waals surface area contributed by atoms with Crippen LogP contribution in [0.2, 0.25) is 0 Å². The molecular weight excluding hydrogens is 309 g/mol. The fourth-order valence-corrected chi connectivity index (χ4v) is 2.30. The lowest BCUT2D eigenvalue weighted by atomic mass is 10.0. The van der Waals surface area contributed by atoms with Gasteiger partial charge in [0.1, 0.15) is 0 Å². The molecular formula is C14H22IN. The number of nitrogens with one attached hydrogen (secondary N) is 1. The van der Waals surface area contributed by atoms with Crippen LogP contribution in [-0.4, -0.2) is 12.6 Å². The van der Waals surface area contributed by atoms with Crippen LogP contribution in [0.25, 0.3) is 0 Å². The summed E-state index contributed by atoms with van der Waals surface area (Å²) in [5.41, 5.74) is 1.46. The largest absolute Gasteiger partial charge is 0.314 e. The van der Waals surface area contributed by atoms with E-state index in [-0.39, 0.29) is 0 Å². The normalized spacial score (nSPS) is 12.7. The molecule has 1 nitrogen and oxygen atoms in total. The summed E-state index contributed by atoms with van der Waals surface area (Å²) in [6.45, 7) is 5.53. The minimum Gasteiger partial charge on any atom is -0.314 e. The maximum absolute atomic E-state index is 3.53. The van der Waals surface area contributed by atoms with Crippen LogP contribution in [0.3, 0.4) is 0 Å². The summed E-state index contributed by atoms with van der Waals surface area (Å²) >= 11 is 2.35. The number of rotatable bonds is 7. The van der Waals surface area contributed by atoms with Crippen LogP contribution in [-0.2, 0) is 6.42 Å². The Kier molecular flexibility index (Phi) is 7.05. The third-order valence-electron chi connectivity index (χ3n) is 2.92. The smallest absolute Gasteiger partial charge is 0.0130 e. The fraction of sp³-hybridized carbons (Fsp3) is 0.571. The molecule has 0 aliphatic heterocycles. The van der Waals surface area contributed by atoms with Crippen LogP contribution in [0.4, 0.5) is 0 Å². The number of aryl methyl sites for hydroxylation is 1. The minimum absolute atomic E-state index is 0.703. The lowest BCUT2D eigenvalue weighted by Gasteiger charge is -2.15. The molecule has 90 valence electrons. The van der Waals surface area contributed by atoms with Gasteiger partial charge in [-0.1, -0.05) is 26.0 Å². The Bertz CT molecular complexity index is 281. The first-order valence-electron chi connectivity index (χ1n) is 6.24. The summed E-state index contributed by atoms with van der Waals surface area (Å²) in [6, 6.07) is 9.58. The molecule has 1 N–H and O–H groups in total. The Labute approximate surface area is 113 Å². The summed E-state index contributed by atoms with van der Waals surface area (Å²) in [7, 11) is 0. The number of hydrogen-bond acceptors (Lipinski definition) is 1. The Morgan fingerprint density at radius 2 is 1.88 bits per heavy atom. The minimum atomic E-state index is 0.703. The predicted octanol–water partition coefficient (Wildman–Crippen LogP) is 4.00. The molecule has 0 bridgehead atoms. The van der Waals surface area contributed by atoms with E-state index in [0.717, 1.165) is 6.54 Å². The van der Waals surface area contributed by atoms with Crippen LogP contribution in [0.15, 0.2) is 24.3 Å². The van der Waals surface area contributed by atoms with E-state index in [1.54, 1.807) is 0 Å². The molecule has 1 aromatic carbocycles. The van der Waals surface area contributed by atoms with Crippen molar-refractivity contribution >= 4 is 22.6 Å². The first-order chi connectivity index (χ1) is 7.76. The molecule has 0 aliphatic carbocycles. The molecule has 16 heavy (non-hydrogen) atoms. The Morgan fingerprint density at radius 3 is 2.44 bits per heavy atom. The molecule has 0 fully saturated rings. The second-order valence-corrected chi connectivity index (χ2v) is 5.43. The van der Waals surface area contributed by atoms with E-state index >= 15 is 0 Å². The second-order valence-electron chi connectivity index (χ2n) is 4.18. The van der Waals surface area contributed by atoms with Gasteiger partial charge < -0.3 is 5.32 Å². The highest BCUT2D eigenvalue weighted by molar-refractivity contribution is 14.1. The lowest BCUT2D eigenvalue weighted by Crippen LogP contribution is -2.27. The third kappa shape index (κ3) is 5.30. The third-order valence-corrected chi connectivity index (χ3v) is 3.64. The van der Waals surface area contributed by atoms with E-state index in [2.05, 4.69) is 66.0 Å². The van der Waals surface area contributed by atoms with Gasteiger partial charge in [0.2, 0.25) is 0 Å². The number of hydrogen-bond donors (Lipinski definition) is 1. The van der Waals surface area contributed by atoms with E-state index in [1.807, 2.05) is 0 Å². The van der Waals surface area contributed by atoms with Gasteiger partial charge in [-0.15, -0.1) is 0 Å². The molecule has 0 spiro atoms. The first kappa shape index (κ1) is 14.0. The van der Waals surface area contributed by atoms with Crippen molar-refractivity contribution in [1.82, 2.24) is 5.32 Å². The topological polar surface area (TPSA) is 12.0 Å². The van der Waals surface area contributed by atoms with E-state index in [0.29, 0.717) is 6.04 Å². The highest BCUT2D eigenvalue weighted by Gasteiger charge is 2.03. The number of halogens is 1. The molecule has 0 amide bonds. The SMILES string of the molecule is CCNC(CC)CCCc1ccc(I)cc1. The molecule has 1 aromatic rings. The predicted molar refractivity (Wildman–Crippen MR) is 79.9 cm³/mol. The second kappa shape index (κ2) is 8.07. The van der Waals surface area contributed by atoms with Gasteiger partial charge in [-0.3, -0.25) is 0 Å². The molecule has 0 aliphatic rings. The monoisotopic (exact) mass is 331 g/mol. The lowest BCUT2D eigenvalue weighted by molar-refractivity contribution is 0.467. The summed E-state index contributed by atoms with van der Waals surface area (Å²) in [5.74, 6) is 0. The van der Waals surface area contributed by atoms with Gasteiger partial charge in [0.25, 0.3) is 0 Å². The quantitative estimate of drug-likeness (QED) is 0.745. The van der Waals surface area contributed by atoms with Crippen LogP contribution in [0, 0.1) is 3.57 Å². The van der Waals surface area contributed by atoms with Crippen LogP contribution < -0.4 is 5.32 Å². The van der Waals surface area contributed by atoms with Gasteiger partial charge in [-0.25, -0.2) is 0 Å².